The summed E-state index contributed by atoms with van der Waals surface area (Å²) in [6.45, 7) is 2.26. The molecule has 3 N–H and O–H groups in total. The van der Waals surface area contributed by atoms with Crippen molar-refractivity contribution in [2.24, 2.45) is 11.1 Å². The molecular formula is C11H15N3O2S. The van der Waals surface area contributed by atoms with Crippen molar-refractivity contribution in [2.45, 2.75) is 32.7 Å². The number of aryl methyl sites for hydroxylation is 1. The Balaban J connectivity index is 1.90. The largest absolute Gasteiger partial charge is 0.444 e. The number of nitrogens with zero attached hydrogens (tertiary/aromatic N) is 1. The molecule has 6 heteroatoms. The van der Waals surface area contributed by atoms with E-state index in [1.165, 1.54) is 0 Å². The van der Waals surface area contributed by atoms with Gasteiger partial charge in [-0.2, -0.15) is 0 Å². The molecule has 0 bridgehead atoms. The minimum absolute atomic E-state index is 0.124. The van der Waals surface area contributed by atoms with Gasteiger partial charge in [0.1, 0.15) is 5.76 Å². The Morgan fingerprint density at radius 3 is 2.88 bits per heavy atom. The lowest BCUT2D eigenvalue weighted by molar-refractivity contribution is -0.124. The smallest absolute Gasteiger partial charge is 0.233 e. The topological polar surface area (TPSA) is 81.2 Å². The normalized spacial score (nSPS) is 16.5. The number of hydrogen-bond donors (Lipinski definition) is 2. The molecule has 0 saturated heterocycles. The molecule has 17 heavy (non-hydrogen) atoms. The lowest BCUT2D eigenvalue weighted by Gasteiger charge is -2.12. The number of aromatic nitrogens is 1. The highest BCUT2D eigenvalue weighted by Gasteiger charge is 2.52. The number of nitrogens with two attached hydrogens (primary N) is 1. The zero-order chi connectivity index (χ0) is 12.5. The molecule has 0 aliphatic heterocycles. The standard InChI is InChI=1S/C11H15N3O2S/c1-2-7-5-13-8(16-7)6-14-10(15)11(3-4-11)9(12)17/h5H,2-4,6H2,1H3,(H2,12,17)(H,14,15). The van der Waals surface area contributed by atoms with E-state index < -0.39 is 5.41 Å². The average molecular weight is 253 g/mol. The first-order valence-corrected chi connectivity index (χ1v) is 6.01. The molecule has 92 valence electrons. The first-order chi connectivity index (χ1) is 8.08. The molecule has 1 aliphatic rings. The van der Waals surface area contributed by atoms with E-state index in [0.717, 1.165) is 25.0 Å². The van der Waals surface area contributed by atoms with Gasteiger partial charge in [0.05, 0.1) is 23.1 Å². The minimum Gasteiger partial charge on any atom is -0.444 e. The molecule has 2 rings (SSSR count). The molecule has 1 amide bonds. The fourth-order valence-corrected chi connectivity index (χ4v) is 1.93. The van der Waals surface area contributed by atoms with Crippen LogP contribution in [-0.4, -0.2) is 15.9 Å². The summed E-state index contributed by atoms with van der Waals surface area (Å²) < 4.78 is 5.39. The van der Waals surface area contributed by atoms with Crippen LogP contribution in [0.2, 0.25) is 0 Å². The van der Waals surface area contributed by atoms with Crippen LogP contribution in [0.3, 0.4) is 0 Å². The van der Waals surface area contributed by atoms with Gasteiger partial charge in [-0.05, 0) is 12.8 Å². The van der Waals surface area contributed by atoms with Crippen molar-refractivity contribution in [3.05, 3.63) is 17.8 Å². The fourth-order valence-electron chi connectivity index (χ4n) is 1.63. The summed E-state index contributed by atoms with van der Waals surface area (Å²) in [6.07, 6.45) is 3.93. The molecule has 1 aliphatic carbocycles. The molecule has 0 unspecified atom stereocenters. The molecular weight excluding hydrogens is 238 g/mol. The first kappa shape index (κ1) is 12.0. The Bertz CT molecular complexity index is 451. The predicted molar refractivity (Wildman–Crippen MR) is 66.2 cm³/mol. The van der Waals surface area contributed by atoms with Crippen molar-refractivity contribution in [2.75, 3.05) is 0 Å². The van der Waals surface area contributed by atoms with Gasteiger partial charge in [-0.15, -0.1) is 0 Å². The van der Waals surface area contributed by atoms with Crippen molar-refractivity contribution >= 4 is 23.1 Å². The Labute approximate surface area is 105 Å². The van der Waals surface area contributed by atoms with Gasteiger partial charge in [0.2, 0.25) is 11.8 Å². The lowest BCUT2D eigenvalue weighted by Crippen LogP contribution is -2.39. The second-order valence-electron chi connectivity index (χ2n) is 4.20. The van der Waals surface area contributed by atoms with E-state index >= 15 is 0 Å². The second kappa shape index (κ2) is 4.44. The third-order valence-corrected chi connectivity index (χ3v) is 3.40. The fraction of sp³-hybridized carbons (Fsp3) is 0.545. The monoisotopic (exact) mass is 253 g/mol. The van der Waals surface area contributed by atoms with Gasteiger partial charge < -0.3 is 15.5 Å². The van der Waals surface area contributed by atoms with Crippen LogP contribution in [0.25, 0.3) is 0 Å². The molecule has 0 radical (unpaired) electrons. The number of carbonyl (C=O) groups excluding carboxylic acids is 1. The second-order valence-corrected chi connectivity index (χ2v) is 4.64. The summed E-state index contributed by atoms with van der Waals surface area (Å²) >= 11 is 4.90. The van der Waals surface area contributed by atoms with Crippen LogP contribution >= 0.6 is 12.2 Å². The summed E-state index contributed by atoms with van der Waals surface area (Å²) in [5.74, 6) is 1.19. The molecule has 0 spiro atoms. The Hall–Kier alpha value is -1.43. The van der Waals surface area contributed by atoms with Crippen molar-refractivity contribution in [3.8, 4) is 0 Å². The lowest BCUT2D eigenvalue weighted by atomic mass is 10.1. The van der Waals surface area contributed by atoms with Crippen molar-refractivity contribution in [1.29, 1.82) is 0 Å². The van der Waals surface area contributed by atoms with Crippen molar-refractivity contribution in [1.82, 2.24) is 10.3 Å². The highest BCUT2D eigenvalue weighted by molar-refractivity contribution is 7.80. The molecule has 1 heterocycles. The number of nitrogens with one attached hydrogen (secondary N) is 1. The highest BCUT2D eigenvalue weighted by Crippen LogP contribution is 2.46. The third-order valence-electron chi connectivity index (χ3n) is 3.01. The summed E-state index contributed by atoms with van der Waals surface area (Å²) in [4.78, 5) is 16.2. The van der Waals surface area contributed by atoms with Gasteiger partial charge in [-0.1, -0.05) is 19.1 Å². The predicted octanol–water partition coefficient (Wildman–Crippen LogP) is 0.919. The number of oxazole rings is 1. The molecule has 1 saturated carbocycles. The average Bonchev–Trinajstić information content (AvgIpc) is 3.00. The number of rotatable bonds is 5. The maximum absolute atomic E-state index is 11.9. The van der Waals surface area contributed by atoms with E-state index in [4.69, 9.17) is 22.4 Å². The van der Waals surface area contributed by atoms with Gasteiger partial charge >= 0.3 is 0 Å². The van der Waals surface area contributed by atoms with Crippen LogP contribution in [0.15, 0.2) is 10.6 Å². The van der Waals surface area contributed by atoms with Crippen molar-refractivity contribution in [3.63, 3.8) is 0 Å². The molecule has 0 aromatic carbocycles. The maximum Gasteiger partial charge on any atom is 0.233 e. The number of amides is 1. The quantitative estimate of drug-likeness (QED) is 0.763. The Kier molecular flexibility index (Phi) is 3.15. The van der Waals surface area contributed by atoms with E-state index in [0.29, 0.717) is 5.89 Å². The summed E-state index contributed by atoms with van der Waals surface area (Å²) in [6, 6.07) is 0. The number of carbonyl (C=O) groups is 1. The van der Waals surface area contributed by atoms with Crippen LogP contribution in [0.1, 0.15) is 31.4 Å². The van der Waals surface area contributed by atoms with Crippen LogP contribution in [-0.2, 0) is 17.8 Å². The highest BCUT2D eigenvalue weighted by atomic mass is 32.1. The Morgan fingerprint density at radius 2 is 2.41 bits per heavy atom. The van der Waals surface area contributed by atoms with Gasteiger partial charge in [0.25, 0.3) is 0 Å². The maximum atomic E-state index is 11.9. The number of thiocarbonyl (C=S) groups is 1. The van der Waals surface area contributed by atoms with Crippen molar-refractivity contribution < 1.29 is 9.21 Å². The molecule has 0 atom stereocenters. The summed E-state index contributed by atoms with van der Waals surface area (Å²) in [5, 5.41) is 2.76. The molecule has 1 aromatic heterocycles. The van der Waals surface area contributed by atoms with Gasteiger partial charge in [0.15, 0.2) is 0 Å². The SMILES string of the molecule is CCc1cnc(CNC(=O)C2(C(N)=S)CC2)o1. The molecule has 1 fully saturated rings. The summed E-state index contributed by atoms with van der Waals surface area (Å²) in [7, 11) is 0. The van der Waals surface area contributed by atoms with Gasteiger partial charge in [0, 0.05) is 6.42 Å². The number of hydrogen-bond acceptors (Lipinski definition) is 4. The van der Waals surface area contributed by atoms with Crippen LogP contribution in [0, 0.1) is 5.41 Å². The van der Waals surface area contributed by atoms with E-state index in [-0.39, 0.29) is 17.4 Å². The van der Waals surface area contributed by atoms with E-state index in [1.807, 2.05) is 6.92 Å². The van der Waals surface area contributed by atoms with Crippen LogP contribution < -0.4 is 11.1 Å². The Morgan fingerprint density at radius 1 is 1.71 bits per heavy atom. The van der Waals surface area contributed by atoms with E-state index in [1.54, 1.807) is 6.20 Å². The zero-order valence-corrected chi connectivity index (χ0v) is 10.5. The van der Waals surface area contributed by atoms with Crippen LogP contribution in [0.5, 0.6) is 0 Å². The zero-order valence-electron chi connectivity index (χ0n) is 9.66. The van der Waals surface area contributed by atoms with E-state index in [2.05, 4.69) is 10.3 Å². The third kappa shape index (κ3) is 2.31. The first-order valence-electron chi connectivity index (χ1n) is 5.60. The molecule has 5 nitrogen and oxygen atoms in total. The molecule has 1 aromatic rings. The van der Waals surface area contributed by atoms with Crippen LogP contribution in [0.4, 0.5) is 0 Å². The minimum atomic E-state index is -0.616. The van der Waals surface area contributed by atoms with Gasteiger partial charge in [-0.3, -0.25) is 4.79 Å². The van der Waals surface area contributed by atoms with E-state index in [9.17, 15) is 4.79 Å². The van der Waals surface area contributed by atoms with Gasteiger partial charge in [-0.25, -0.2) is 4.98 Å². The summed E-state index contributed by atoms with van der Waals surface area (Å²) in [5.41, 5.74) is 4.94.